The number of carboxylic acid groups (broad SMARTS) is 1. The molecule has 0 spiro atoms. The van der Waals surface area contributed by atoms with Gasteiger partial charge in [0.2, 0.25) is 5.91 Å². The maximum Gasteiger partial charge on any atom is 0.334 e. The Morgan fingerprint density at radius 2 is 1.78 bits per heavy atom. The summed E-state index contributed by atoms with van der Waals surface area (Å²) in [6.45, 7) is 4.56. The van der Waals surface area contributed by atoms with Crippen LogP contribution in [-0.4, -0.2) is 43.4 Å². The molecule has 0 aliphatic carbocycles. The average molecular weight is 344 g/mol. The van der Waals surface area contributed by atoms with E-state index in [1.165, 1.54) is 0 Å². The first-order chi connectivity index (χ1) is 11.0. The van der Waals surface area contributed by atoms with Gasteiger partial charge in [-0.15, -0.1) is 0 Å². The zero-order chi connectivity index (χ0) is 17.3. The number of hydrogen-bond acceptors (Lipinski definition) is 4. The van der Waals surface area contributed by atoms with Gasteiger partial charge in [-0.2, -0.15) is 0 Å². The van der Waals surface area contributed by atoms with Gasteiger partial charge in [0.1, 0.15) is 6.61 Å². The Kier molecular flexibility index (Phi) is 8.02. The van der Waals surface area contributed by atoms with E-state index in [4.69, 9.17) is 21.1 Å². The van der Waals surface area contributed by atoms with Crippen molar-refractivity contribution in [2.75, 3.05) is 26.4 Å². The molecule has 7 heteroatoms. The summed E-state index contributed by atoms with van der Waals surface area (Å²) in [4.78, 5) is 23.8. The zero-order valence-corrected chi connectivity index (χ0v) is 14.1. The molecule has 1 amide bonds. The predicted molar refractivity (Wildman–Crippen MR) is 86.5 cm³/mol. The third-order valence-electron chi connectivity index (χ3n) is 3.39. The summed E-state index contributed by atoms with van der Waals surface area (Å²) in [5.74, 6) is -1.63. The fraction of sp³-hybridized carbons (Fsp3) is 0.500. The van der Waals surface area contributed by atoms with E-state index in [9.17, 15) is 14.7 Å². The summed E-state index contributed by atoms with van der Waals surface area (Å²) in [5, 5.41) is 12.7. The number of carboxylic acids is 1. The molecular weight excluding hydrogens is 322 g/mol. The molecule has 128 valence electrons. The molecule has 1 rings (SSSR count). The number of aliphatic carboxylic acids is 1. The fourth-order valence-corrected chi connectivity index (χ4v) is 2.25. The number of nitrogens with one attached hydrogen (secondary N) is 1. The van der Waals surface area contributed by atoms with Crippen LogP contribution >= 0.6 is 11.6 Å². The monoisotopic (exact) mass is 343 g/mol. The Morgan fingerprint density at radius 1 is 1.17 bits per heavy atom. The highest BCUT2D eigenvalue weighted by Crippen LogP contribution is 2.27. The van der Waals surface area contributed by atoms with E-state index in [0.29, 0.717) is 23.8 Å². The molecule has 1 aromatic rings. The number of carbonyl (C=O) groups is 2. The van der Waals surface area contributed by atoms with Crippen LogP contribution in [0.5, 0.6) is 0 Å². The molecule has 23 heavy (non-hydrogen) atoms. The minimum atomic E-state index is -1.51. The van der Waals surface area contributed by atoms with E-state index in [-0.39, 0.29) is 19.6 Å². The molecule has 0 aromatic heterocycles. The van der Waals surface area contributed by atoms with Gasteiger partial charge >= 0.3 is 5.97 Å². The standard InChI is InChI=1S/C16H22ClNO5/c1-3-16(15(20)21,12-5-7-13(17)8-6-12)18-14(19)11-23-10-9-22-4-2/h5-8H,3-4,9-11H2,1-2H3,(H,18,19)(H,20,21). The van der Waals surface area contributed by atoms with E-state index in [1.807, 2.05) is 6.92 Å². The van der Waals surface area contributed by atoms with Crippen molar-refractivity contribution in [1.82, 2.24) is 5.32 Å². The zero-order valence-electron chi connectivity index (χ0n) is 13.3. The van der Waals surface area contributed by atoms with Crippen molar-refractivity contribution in [3.8, 4) is 0 Å². The van der Waals surface area contributed by atoms with Crippen LogP contribution in [0.3, 0.4) is 0 Å². The molecule has 0 fully saturated rings. The molecule has 0 saturated carbocycles. The average Bonchev–Trinajstić information content (AvgIpc) is 2.53. The van der Waals surface area contributed by atoms with Crippen molar-refractivity contribution in [3.63, 3.8) is 0 Å². The van der Waals surface area contributed by atoms with Crippen LogP contribution in [0, 0.1) is 0 Å². The Hall–Kier alpha value is -1.63. The third kappa shape index (κ3) is 5.49. The van der Waals surface area contributed by atoms with Crippen molar-refractivity contribution in [2.24, 2.45) is 0 Å². The normalized spacial score (nSPS) is 13.3. The van der Waals surface area contributed by atoms with Crippen molar-refractivity contribution in [2.45, 2.75) is 25.8 Å². The van der Waals surface area contributed by atoms with Crippen LogP contribution in [0.4, 0.5) is 0 Å². The van der Waals surface area contributed by atoms with E-state index >= 15 is 0 Å². The molecule has 0 aliphatic heterocycles. The Balaban J connectivity index is 2.77. The maximum atomic E-state index is 12.0. The van der Waals surface area contributed by atoms with Crippen LogP contribution in [0.15, 0.2) is 24.3 Å². The number of carbonyl (C=O) groups excluding carboxylic acids is 1. The Morgan fingerprint density at radius 3 is 2.30 bits per heavy atom. The molecule has 0 heterocycles. The van der Waals surface area contributed by atoms with Gasteiger partial charge < -0.3 is 19.9 Å². The van der Waals surface area contributed by atoms with Crippen LogP contribution in [0.25, 0.3) is 0 Å². The lowest BCUT2D eigenvalue weighted by Gasteiger charge is -2.30. The highest BCUT2D eigenvalue weighted by Gasteiger charge is 2.40. The van der Waals surface area contributed by atoms with Crippen LogP contribution < -0.4 is 5.32 Å². The lowest BCUT2D eigenvalue weighted by atomic mass is 9.87. The van der Waals surface area contributed by atoms with Gasteiger partial charge in [-0.05, 0) is 31.0 Å². The second kappa shape index (κ2) is 9.50. The highest BCUT2D eigenvalue weighted by atomic mass is 35.5. The van der Waals surface area contributed by atoms with Gasteiger partial charge in [0, 0.05) is 11.6 Å². The highest BCUT2D eigenvalue weighted by molar-refractivity contribution is 6.30. The van der Waals surface area contributed by atoms with E-state index in [2.05, 4.69) is 5.32 Å². The van der Waals surface area contributed by atoms with Gasteiger partial charge in [-0.1, -0.05) is 30.7 Å². The fourth-order valence-electron chi connectivity index (χ4n) is 2.13. The van der Waals surface area contributed by atoms with Gasteiger partial charge in [0.15, 0.2) is 5.54 Å². The first-order valence-electron chi connectivity index (χ1n) is 7.42. The van der Waals surface area contributed by atoms with Gasteiger partial charge in [0.05, 0.1) is 13.2 Å². The minimum Gasteiger partial charge on any atom is -0.479 e. The van der Waals surface area contributed by atoms with E-state index in [0.717, 1.165) is 0 Å². The molecule has 6 nitrogen and oxygen atoms in total. The molecule has 0 saturated heterocycles. The summed E-state index contributed by atoms with van der Waals surface area (Å²) in [5.41, 5.74) is -1.05. The van der Waals surface area contributed by atoms with Gasteiger partial charge in [0.25, 0.3) is 0 Å². The van der Waals surface area contributed by atoms with Crippen LogP contribution in [0.2, 0.25) is 5.02 Å². The second-order valence-electron chi connectivity index (χ2n) is 4.87. The summed E-state index contributed by atoms with van der Waals surface area (Å²) < 4.78 is 10.3. The quantitative estimate of drug-likeness (QED) is 0.636. The topological polar surface area (TPSA) is 84.9 Å². The summed E-state index contributed by atoms with van der Waals surface area (Å²) in [6.07, 6.45) is 0.189. The van der Waals surface area contributed by atoms with Crippen molar-refractivity contribution in [3.05, 3.63) is 34.9 Å². The number of benzene rings is 1. The molecule has 0 radical (unpaired) electrons. The maximum absolute atomic E-state index is 12.0. The molecule has 0 aliphatic rings. The van der Waals surface area contributed by atoms with Gasteiger partial charge in [-0.25, -0.2) is 4.79 Å². The molecule has 1 unspecified atom stereocenters. The Bertz CT molecular complexity index is 520. The second-order valence-corrected chi connectivity index (χ2v) is 5.31. The minimum absolute atomic E-state index is 0.189. The first kappa shape index (κ1) is 19.4. The SMILES string of the molecule is CCOCCOCC(=O)NC(CC)(C(=O)O)c1ccc(Cl)cc1. The van der Waals surface area contributed by atoms with Crippen molar-refractivity contribution < 1.29 is 24.2 Å². The first-order valence-corrected chi connectivity index (χ1v) is 7.80. The van der Waals surface area contributed by atoms with Crippen LogP contribution in [-0.2, 0) is 24.6 Å². The number of hydrogen-bond donors (Lipinski definition) is 2. The summed E-state index contributed by atoms with van der Waals surface area (Å²) in [7, 11) is 0. The Labute approximate surface area is 140 Å². The van der Waals surface area contributed by atoms with Crippen LogP contribution in [0.1, 0.15) is 25.8 Å². The third-order valence-corrected chi connectivity index (χ3v) is 3.65. The molecule has 1 atom stereocenters. The lowest BCUT2D eigenvalue weighted by Crippen LogP contribution is -2.52. The number of ether oxygens (including phenoxy) is 2. The molecule has 1 aromatic carbocycles. The number of amides is 1. The molecular formula is C16H22ClNO5. The van der Waals surface area contributed by atoms with Gasteiger partial charge in [-0.3, -0.25) is 4.79 Å². The molecule has 0 bridgehead atoms. The van der Waals surface area contributed by atoms with Crippen molar-refractivity contribution >= 4 is 23.5 Å². The number of halogens is 1. The number of rotatable bonds is 10. The molecule has 2 N–H and O–H groups in total. The van der Waals surface area contributed by atoms with Crippen molar-refractivity contribution in [1.29, 1.82) is 0 Å². The largest absolute Gasteiger partial charge is 0.479 e. The van der Waals surface area contributed by atoms with E-state index < -0.39 is 17.4 Å². The summed E-state index contributed by atoms with van der Waals surface area (Å²) in [6, 6.07) is 6.37. The summed E-state index contributed by atoms with van der Waals surface area (Å²) >= 11 is 5.83. The smallest absolute Gasteiger partial charge is 0.334 e. The van der Waals surface area contributed by atoms with E-state index in [1.54, 1.807) is 31.2 Å². The lowest BCUT2D eigenvalue weighted by molar-refractivity contribution is -0.149. The predicted octanol–water partition coefficient (Wildman–Crippen LogP) is 2.20.